The first-order valence-electron chi connectivity index (χ1n) is 3.76. The number of nitrogens with two attached hydrogens (primary N) is 2. The molecule has 4 nitrogen and oxygen atoms in total. The van der Waals surface area contributed by atoms with Crippen molar-refractivity contribution in [3.8, 4) is 0 Å². The average molecular weight is 197 g/mol. The highest BCUT2D eigenvalue weighted by Gasteiger charge is 2.11. The van der Waals surface area contributed by atoms with E-state index in [0.717, 1.165) is 12.8 Å². The number of hydrogen-bond acceptors (Lipinski definition) is 4. The zero-order valence-electron chi connectivity index (χ0n) is 7.29. The van der Waals surface area contributed by atoms with Gasteiger partial charge in [0.05, 0.1) is 7.11 Å². The monoisotopic (exact) mass is 196 g/mol. The van der Waals surface area contributed by atoms with E-state index < -0.39 is 6.04 Å². The standard InChI is InChI=1S/C7H16N2O2.ClH/c1-11-7(10)6(9)4-2-3-5-8;/h6H,2-5,8-9H2,1H3;1H/t6-;/m1./s1. The molecule has 0 radical (unpaired) electrons. The Morgan fingerprint density at radius 2 is 2.08 bits per heavy atom. The van der Waals surface area contributed by atoms with Gasteiger partial charge in [0.1, 0.15) is 6.04 Å². The molecule has 1 atom stereocenters. The lowest BCUT2D eigenvalue weighted by atomic mass is 10.1. The summed E-state index contributed by atoms with van der Waals surface area (Å²) >= 11 is 0. The fraction of sp³-hybridized carbons (Fsp3) is 0.857. The van der Waals surface area contributed by atoms with Crippen molar-refractivity contribution in [1.82, 2.24) is 0 Å². The predicted octanol–water partition coefficient (Wildman–Crippen LogP) is 0.0375. The fourth-order valence-electron chi connectivity index (χ4n) is 0.778. The van der Waals surface area contributed by atoms with Crippen molar-refractivity contribution in [2.75, 3.05) is 13.7 Å². The lowest BCUT2D eigenvalue weighted by molar-refractivity contribution is -0.142. The molecule has 0 amide bonds. The van der Waals surface area contributed by atoms with E-state index in [1.54, 1.807) is 0 Å². The number of carbonyl (C=O) groups excluding carboxylic acids is 1. The molecule has 5 heteroatoms. The molecule has 0 aliphatic rings. The Bertz CT molecular complexity index is 122. The highest BCUT2D eigenvalue weighted by Crippen LogP contribution is 1.98. The molecular weight excluding hydrogens is 180 g/mol. The smallest absolute Gasteiger partial charge is 0.322 e. The lowest BCUT2D eigenvalue weighted by Gasteiger charge is -2.07. The summed E-state index contributed by atoms with van der Waals surface area (Å²) in [4.78, 5) is 10.7. The van der Waals surface area contributed by atoms with Gasteiger partial charge in [-0.25, -0.2) is 0 Å². The van der Waals surface area contributed by atoms with Crippen molar-refractivity contribution in [2.45, 2.75) is 25.3 Å². The molecule has 0 saturated heterocycles. The summed E-state index contributed by atoms with van der Waals surface area (Å²) in [5.41, 5.74) is 10.7. The van der Waals surface area contributed by atoms with Gasteiger partial charge >= 0.3 is 5.97 Å². The van der Waals surface area contributed by atoms with Crippen LogP contribution in [0.25, 0.3) is 0 Å². The number of carbonyl (C=O) groups is 1. The van der Waals surface area contributed by atoms with E-state index in [4.69, 9.17) is 11.5 Å². The van der Waals surface area contributed by atoms with Crippen molar-refractivity contribution in [3.05, 3.63) is 0 Å². The van der Waals surface area contributed by atoms with Crippen LogP contribution in [0.4, 0.5) is 0 Å². The molecule has 0 heterocycles. The van der Waals surface area contributed by atoms with Crippen molar-refractivity contribution >= 4 is 18.4 Å². The molecule has 4 N–H and O–H groups in total. The zero-order chi connectivity index (χ0) is 8.69. The Kier molecular flexibility index (Phi) is 10.4. The highest BCUT2D eigenvalue weighted by molar-refractivity contribution is 5.85. The van der Waals surface area contributed by atoms with Crippen LogP contribution in [0.1, 0.15) is 19.3 Å². The van der Waals surface area contributed by atoms with Gasteiger partial charge in [-0.15, -0.1) is 12.4 Å². The lowest BCUT2D eigenvalue weighted by Crippen LogP contribution is -2.31. The predicted molar refractivity (Wildman–Crippen MR) is 50.1 cm³/mol. The third-order valence-electron chi connectivity index (χ3n) is 1.47. The Hall–Kier alpha value is -0.320. The number of halogens is 1. The van der Waals surface area contributed by atoms with Crippen molar-refractivity contribution < 1.29 is 9.53 Å². The van der Waals surface area contributed by atoms with E-state index in [9.17, 15) is 4.79 Å². The van der Waals surface area contributed by atoms with Crippen LogP contribution in [0.15, 0.2) is 0 Å². The minimum absolute atomic E-state index is 0. The van der Waals surface area contributed by atoms with Crippen molar-refractivity contribution in [1.29, 1.82) is 0 Å². The Balaban J connectivity index is 0. The quantitative estimate of drug-likeness (QED) is 0.481. The van der Waals surface area contributed by atoms with Gasteiger partial charge in [0, 0.05) is 0 Å². The summed E-state index contributed by atoms with van der Waals surface area (Å²) in [7, 11) is 1.34. The number of ether oxygens (including phenoxy) is 1. The molecule has 74 valence electrons. The third kappa shape index (κ3) is 6.39. The number of rotatable bonds is 5. The van der Waals surface area contributed by atoms with E-state index in [1.165, 1.54) is 7.11 Å². The SMILES string of the molecule is COC(=O)[C@H](N)CCCCN.Cl. The molecule has 0 rings (SSSR count). The van der Waals surface area contributed by atoms with Crippen LogP contribution in [0.3, 0.4) is 0 Å². The Morgan fingerprint density at radius 1 is 1.50 bits per heavy atom. The van der Waals surface area contributed by atoms with Crippen LogP contribution >= 0.6 is 12.4 Å². The van der Waals surface area contributed by atoms with Crippen molar-refractivity contribution in [2.24, 2.45) is 11.5 Å². The summed E-state index contributed by atoms with van der Waals surface area (Å²) in [6.07, 6.45) is 2.45. The topological polar surface area (TPSA) is 78.3 Å². The van der Waals surface area contributed by atoms with Gasteiger partial charge in [-0.2, -0.15) is 0 Å². The summed E-state index contributed by atoms with van der Waals surface area (Å²) in [6, 6.07) is -0.480. The molecule has 0 aromatic rings. The zero-order valence-corrected chi connectivity index (χ0v) is 8.10. The van der Waals surface area contributed by atoms with Crippen LogP contribution < -0.4 is 11.5 Å². The number of hydrogen-bond donors (Lipinski definition) is 2. The second-order valence-corrected chi connectivity index (χ2v) is 2.41. The summed E-state index contributed by atoms with van der Waals surface area (Å²) in [6.45, 7) is 0.647. The van der Waals surface area contributed by atoms with Gasteiger partial charge in [-0.1, -0.05) is 6.42 Å². The number of esters is 1. The minimum atomic E-state index is -0.480. The minimum Gasteiger partial charge on any atom is -0.468 e. The van der Waals surface area contributed by atoms with Gasteiger partial charge in [-0.05, 0) is 19.4 Å². The summed E-state index contributed by atoms with van der Waals surface area (Å²) in [5, 5.41) is 0. The van der Waals surface area contributed by atoms with Crippen molar-refractivity contribution in [3.63, 3.8) is 0 Å². The maximum Gasteiger partial charge on any atom is 0.322 e. The second kappa shape index (κ2) is 8.77. The Labute approximate surface area is 79.0 Å². The number of unbranched alkanes of at least 4 members (excludes halogenated alkanes) is 1. The molecule has 0 saturated carbocycles. The fourth-order valence-corrected chi connectivity index (χ4v) is 0.778. The van der Waals surface area contributed by atoms with Gasteiger partial charge in [-0.3, -0.25) is 4.79 Å². The molecule has 0 spiro atoms. The molecule has 12 heavy (non-hydrogen) atoms. The molecule has 0 unspecified atom stereocenters. The maximum atomic E-state index is 10.7. The molecule has 0 fully saturated rings. The van der Waals surface area contributed by atoms with E-state index >= 15 is 0 Å². The van der Waals surface area contributed by atoms with Crippen LogP contribution in [0.2, 0.25) is 0 Å². The van der Waals surface area contributed by atoms with Gasteiger partial charge < -0.3 is 16.2 Å². The molecule has 0 aromatic carbocycles. The molecule has 0 aromatic heterocycles. The van der Waals surface area contributed by atoms with Crippen LogP contribution in [-0.2, 0) is 9.53 Å². The van der Waals surface area contributed by atoms with E-state index in [2.05, 4.69) is 4.74 Å². The van der Waals surface area contributed by atoms with Gasteiger partial charge in [0.2, 0.25) is 0 Å². The maximum absolute atomic E-state index is 10.7. The summed E-state index contributed by atoms with van der Waals surface area (Å²) < 4.78 is 4.45. The first-order valence-corrected chi connectivity index (χ1v) is 3.76. The van der Waals surface area contributed by atoms with Crippen LogP contribution in [-0.4, -0.2) is 25.7 Å². The molecule has 0 bridgehead atoms. The largest absolute Gasteiger partial charge is 0.468 e. The Morgan fingerprint density at radius 3 is 2.50 bits per heavy atom. The first kappa shape index (κ1) is 14.2. The summed E-state index contributed by atoms with van der Waals surface area (Å²) in [5.74, 6) is -0.345. The number of methoxy groups -OCH3 is 1. The van der Waals surface area contributed by atoms with E-state index in [0.29, 0.717) is 13.0 Å². The molecule has 0 aliphatic heterocycles. The average Bonchev–Trinajstić information content (AvgIpc) is 2.03. The van der Waals surface area contributed by atoms with E-state index in [-0.39, 0.29) is 18.4 Å². The highest BCUT2D eigenvalue weighted by atomic mass is 35.5. The van der Waals surface area contributed by atoms with E-state index in [1.807, 2.05) is 0 Å². The van der Waals surface area contributed by atoms with Gasteiger partial charge in [0.25, 0.3) is 0 Å². The van der Waals surface area contributed by atoms with Crippen LogP contribution in [0, 0.1) is 0 Å². The second-order valence-electron chi connectivity index (χ2n) is 2.41. The van der Waals surface area contributed by atoms with Gasteiger partial charge in [0.15, 0.2) is 0 Å². The third-order valence-corrected chi connectivity index (χ3v) is 1.47. The first-order chi connectivity index (χ1) is 5.22. The molecule has 0 aliphatic carbocycles. The normalized spacial score (nSPS) is 11.6. The van der Waals surface area contributed by atoms with Crippen LogP contribution in [0.5, 0.6) is 0 Å². The molecular formula is C7H17ClN2O2.